The van der Waals surface area contributed by atoms with Crippen molar-refractivity contribution in [3.8, 4) is 0 Å². The molecule has 0 aliphatic heterocycles. The normalized spacial score (nSPS) is 14.2. The maximum atomic E-state index is 12.6. The van der Waals surface area contributed by atoms with Crippen molar-refractivity contribution in [2.75, 3.05) is 6.54 Å². The van der Waals surface area contributed by atoms with Crippen LogP contribution in [0.5, 0.6) is 0 Å². The summed E-state index contributed by atoms with van der Waals surface area (Å²) in [4.78, 5) is 11.5. The number of carbonyl (C=O) groups excluding carboxylic acids is 1. The third-order valence-corrected chi connectivity index (χ3v) is 2.22. The van der Waals surface area contributed by atoms with Crippen LogP contribution >= 0.6 is 0 Å². The van der Waals surface area contributed by atoms with Crippen LogP contribution < -0.4 is 11.1 Å². The molecule has 4 N–H and O–H groups in total. The van der Waals surface area contributed by atoms with Crippen molar-refractivity contribution in [2.24, 2.45) is 5.73 Å². The molecule has 0 fully saturated rings. The van der Waals surface area contributed by atoms with Gasteiger partial charge in [0.15, 0.2) is 0 Å². The predicted molar refractivity (Wildman–Crippen MR) is 58.4 cm³/mol. The number of benzene rings is 1. The van der Waals surface area contributed by atoms with E-state index in [9.17, 15) is 9.18 Å². The molecule has 0 aliphatic rings. The van der Waals surface area contributed by atoms with Crippen LogP contribution in [-0.2, 0) is 0 Å². The number of carbonyl (C=O) groups is 1. The lowest BCUT2D eigenvalue weighted by Gasteiger charge is -2.15. The molecule has 1 aromatic rings. The number of nitrogens with two attached hydrogens (primary N) is 1. The Bertz CT molecular complexity index is 352. The number of amides is 1. The molecule has 2 unspecified atom stereocenters. The summed E-state index contributed by atoms with van der Waals surface area (Å²) < 4.78 is 12.6. The van der Waals surface area contributed by atoms with Gasteiger partial charge in [-0.3, -0.25) is 4.79 Å². The molecule has 0 saturated heterocycles. The Kier molecular flexibility index (Phi) is 4.39. The Morgan fingerprint density at radius 1 is 1.50 bits per heavy atom. The Morgan fingerprint density at radius 2 is 2.06 bits per heavy atom. The minimum atomic E-state index is -0.687. The second-order valence-electron chi connectivity index (χ2n) is 3.62. The van der Waals surface area contributed by atoms with Crippen molar-refractivity contribution in [1.82, 2.24) is 5.32 Å². The Balaban J connectivity index is 2.50. The Labute approximate surface area is 93.3 Å². The summed E-state index contributed by atoms with van der Waals surface area (Å²) in [6.45, 7) is 1.72. The number of rotatable bonds is 4. The van der Waals surface area contributed by atoms with Gasteiger partial charge < -0.3 is 16.2 Å². The van der Waals surface area contributed by atoms with E-state index in [1.54, 1.807) is 6.92 Å². The van der Waals surface area contributed by atoms with Crippen molar-refractivity contribution in [3.05, 3.63) is 35.6 Å². The van der Waals surface area contributed by atoms with Crippen molar-refractivity contribution in [2.45, 2.75) is 19.1 Å². The van der Waals surface area contributed by atoms with Crippen molar-refractivity contribution < 1.29 is 14.3 Å². The molecule has 5 heteroatoms. The van der Waals surface area contributed by atoms with E-state index in [-0.39, 0.29) is 12.5 Å². The minimum Gasteiger partial charge on any atom is -0.392 e. The first-order valence-electron chi connectivity index (χ1n) is 4.98. The van der Waals surface area contributed by atoms with Gasteiger partial charge in [-0.1, -0.05) is 0 Å². The molecule has 0 aliphatic carbocycles. The molecule has 88 valence electrons. The summed E-state index contributed by atoms with van der Waals surface area (Å²) >= 11 is 0. The molecule has 0 saturated carbocycles. The fourth-order valence-corrected chi connectivity index (χ4v) is 1.08. The van der Waals surface area contributed by atoms with Crippen LogP contribution in [0.25, 0.3) is 0 Å². The first-order valence-corrected chi connectivity index (χ1v) is 4.98. The summed E-state index contributed by atoms with van der Waals surface area (Å²) in [5.41, 5.74) is 5.90. The third kappa shape index (κ3) is 3.60. The van der Waals surface area contributed by atoms with E-state index < -0.39 is 18.0 Å². The molecule has 2 atom stereocenters. The van der Waals surface area contributed by atoms with Crippen LogP contribution in [0.1, 0.15) is 17.3 Å². The average molecular weight is 226 g/mol. The lowest BCUT2D eigenvalue weighted by atomic mass is 10.1. The van der Waals surface area contributed by atoms with Crippen molar-refractivity contribution in [3.63, 3.8) is 0 Å². The largest absolute Gasteiger partial charge is 0.392 e. The molecule has 1 amide bonds. The first-order chi connectivity index (χ1) is 7.50. The Hall–Kier alpha value is -1.46. The summed E-state index contributed by atoms with van der Waals surface area (Å²) in [5.74, 6) is -0.728. The van der Waals surface area contributed by atoms with Crippen LogP contribution in [-0.4, -0.2) is 29.7 Å². The maximum absolute atomic E-state index is 12.6. The number of aliphatic hydroxyl groups is 1. The maximum Gasteiger partial charge on any atom is 0.251 e. The van der Waals surface area contributed by atoms with E-state index in [1.807, 2.05) is 0 Å². The van der Waals surface area contributed by atoms with E-state index >= 15 is 0 Å². The smallest absolute Gasteiger partial charge is 0.251 e. The first kappa shape index (κ1) is 12.6. The SMILES string of the molecule is CC(O)C(N)CNC(=O)c1ccc(F)cc1. The number of nitrogens with one attached hydrogen (secondary N) is 1. The molecule has 0 aromatic heterocycles. The summed E-state index contributed by atoms with van der Waals surface area (Å²) in [7, 11) is 0. The highest BCUT2D eigenvalue weighted by molar-refractivity contribution is 5.94. The van der Waals surface area contributed by atoms with Crippen LogP contribution in [0, 0.1) is 5.82 Å². The summed E-state index contributed by atoms with van der Waals surface area (Å²) in [6, 6.07) is 4.69. The van der Waals surface area contributed by atoms with Gasteiger partial charge in [0.25, 0.3) is 5.91 Å². The van der Waals surface area contributed by atoms with Crippen LogP contribution in [0.3, 0.4) is 0 Å². The molecule has 4 nitrogen and oxygen atoms in total. The third-order valence-electron chi connectivity index (χ3n) is 2.22. The molecule has 0 heterocycles. The highest BCUT2D eigenvalue weighted by atomic mass is 19.1. The lowest BCUT2D eigenvalue weighted by Crippen LogP contribution is -2.43. The van der Waals surface area contributed by atoms with Crippen LogP contribution in [0.15, 0.2) is 24.3 Å². The summed E-state index contributed by atoms with van der Waals surface area (Å²) in [6.07, 6.45) is -0.687. The van der Waals surface area contributed by atoms with Gasteiger partial charge in [0.05, 0.1) is 6.10 Å². The van der Waals surface area contributed by atoms with E-state index in [4.69, 9.17) is 10.8 Å². The van der Waals surface area contributed by atoms with E-state index in [0.29, 0.717) is 5.56 Å². The number of halogens is 1. The molecule has 1 rings (SSSR count). The van der Waals surface area contributed by atoms with Gasteiger partial charge in [0.1, 0.15) is 5.82 Å². The van der Waals surface area contributed by atoms with Crippen molar-refractivity contribution in [1.29, 1.82) is 0 Å². The summed E-state index contributed by atoms with van der Waals surface area (Å²) in [5, 5.41) is 11.7. The standard InChI is InChI=1S/C11H15FN2O2/c1-7(15)10(13)6-14-11(16)8-2-4-9(12)5-3-8/h2-5,7,10,15H,6,13H2,1H3,(H,14,16). The number of aliphatic hydroxyl groups excluding tert-OH is 1. The average Bonchev–Trinajstić information content (AvgIpc) is 2.26. The predicted octanol–water partition coefficient (Wildman–Crippen LogP) is 0.264. The number of hydrogen-bond donors (Lipinski definition) is 3. The lowest BCUT2D eigenvalue weighted by molar-refractivity contribution is 0.0937. The highest BCUT2D eigenvalue weighted by Crippen LogP contribution is 2.02. The van der Waals surface area contributed by atoms with Gasteiger partial charge in [-0.2, -0.15) is 0 Å². The zero-order chi connectivity index (χ0) is 12.1. The Morgan fingerprint density at radius 3 is 2.56 bits per heavy atom. The van der Waals surface area contributed by atoms with Crippen LogP contribution in [0.4, 0.5) is 4.39 Å². The second kappa shape index (κ2) is 5.58. The second-order valence-corrected chi connectivity index (χ2v) is 3.62. The topological polar surface area (TPSA) is 75.3 Å². The molecular formula is C11H15FN2O2. The number of hydrogen-bond acceptors (Lipinski definition) is 3. The zero-order valence-corrected chi connectivity index (χ0v) is 8.98. The van der Waals surface area contributed by atoms with Gasteiger partial charge in [-0.25, -0.2) is 4.39 Å². The van der Waals surface area contributed by atoms with Gasteiger partial charge in [0.2, 0.25) is 0 Å². The molecular weight excluding hydrogens is 211 g/mol. The van der Waals surface area contributed by atoms with Gasteiger partial charge in [-0.05, 0) is 31.2 Å². The van der Waals surface area contributed by atoms with E-state index in [2.05, 4.69) is 5.32 Å². The molecule has 0 radical (unpaired) electrons. The monoisotopic (exact) mass is 226 g/mol. The van der Waals surface area contributed by atoms with Gasteiger partial charge >= 0.3 is 0 Å². The fourth-order valence-electron chi connectivity index (χ4n) is 1.08. The molecule has 16 heavy (non-hydrogen) atoms. The quantitative estimate of drug-likeness (QED) is 0.689. The van der Waals surface area contributed by atoms with Gasteiger partial charge in [-0.15, -0.1) is 0 Å². The van der Waals surface area contributed by atoms with Crippen molar-refractivity contribution >= 4 is 5.91 Å². The zero-order valence-electron chi connectivity index (χ0n) is 8.98. The molecule has 1 aromatic carbocycles. The van der Waals surface area contributed by atoms with Gasteiger partial charge in [0, 0.05) is 18.2 Å². The van der Waals surface area contributed by atoms with E-state index in [0.717, 1.165) is 0 Å². The minimum absolute atomic E-state index is 0.174. The molecule has 0 bridgehead atoms. The van der Waals surface area contributed by atoms with Crippen LogP contribution in [0.2, 0.25) is 0 Å². The molecule has 0 spiro atoms. The highest BCUT2D eigenvalue weighted by Gasteiger charge is 2.11. The van der Waals surface area contributed by atoms with E-state index in [1.165, 1.54) is 24.3 Å². The fraction of sp³-hybridized carbons (Fsp3) is 0.364.